The van der Waals surface area contributed by atoms with Gasteiger partial charge in [0.2, 0.25) is 0 Å². The van der Waals surface area contributed by atoms with Gasteiger partial charge < -0.3 is 25.9 Å². The van der Waals surface area contributed by atoms with Crippen LogP contribution in [0.3, 0.4) is 0 Å². The first kappa shape index (κ1) is 35.1. The van der Waals surface area contributed by atoms with Gasteiger partial charge in [0.1, 0.15) is 21.5 Å². The molecule has 0 radical (unpaired) electrons. The van der Waals surface area contributed by atoms with E-state index >= 15 is 0 Å². The van der Waals surface area contributed by atoms with Crippen LogP contribution in [0.2, 0.25) is 52.4 Å². The van der Waals surface area contributed by atoms with Gasteiger partial charge >= 0.3 is 34.2 Å². The molecule has 252 valence electrons. The monoisotopic (exact) mass is 750 g/mol. The van der Waals surface area contributed by atoms with Crippen molar-refractivity contribution in [2.45, 2.75) is 52.4 Å². The first-order chi connectivity index (χ1) is 22.6. The first-order valence-electron chi connectivity index (χ1n) is 15.8. The molecule has 0 aliphatic rings. The molecular weight excluding hydrogens is 709 g/mol. The molecule has 2 heterocycles. The van der Waals surface area contributed by atoms with Gasteiger partial charge in [-0.2, -0.15) is 0 Å². The highest BCUT2D eigenvalue weighted by atomic mass is 32.1. The fraction of sp³-hybridized carbons (Fsp3) is 0.294. The normalized spacial score (nSPS) is 13.1. The molecule has 0 amide bonds. The maximum Gasteiger partial charge on any atom is 0.383 e. The van der Waals surface area contributed by atoms with E-state index in [1.165, 1.54) is 0 Å². The van der Waals surface area contributed by atoms with Crippen LogP contribution in [0.4, 0.5) is 0 Å². The summed E-state index contributed by atoms with van der Waals surface area (Å²) in [6, 6.07) is 24.9. The van der Waals surface area contributed by atoms with Crippen LogP contribution in [-0.4, -0.2) is 58.4 Å². The molecule has 0 spiro atoms. The molecule has 48 heavy (non-hydrogen) atoms. The predicted molar refractivity (Wildman–Crippen MR) is 209 cm³/mol. The topological polar surface area (TPSA) is 81.2 Å². The first-order valence-corrected chi connectivity index (χ1v) is 28.7. The van der Waals surface area contributed by atoms with Crippen LogP contribution in [0.1, 0.15) is 0 Å². The summed E-state index contributed by atoms with van der Waals surface area (Å²) < 4.78 is 38.6. The molecule has 0 aliphatic heterocycles. The zero-order chi connectivity index (χ0) is 34.5. The number of thiazole rings is 2. The maximum absolute atomic E-state index is 6.30. The smallest absolute Gasteiger partial charge is 0.383 e. The van der Waals surface area contributed by atoms with Crippen molar-refractivity contribution in [1.29, 1.82) is 0 Å². The fourth-order valence-electron chi connectivity index (χ4n) is 5.64. The van der Waals surface area contributed by atoms with E-state index < -0.39 is 34.2 Å². The van der Waals surface area contributed by atoms with Crippen molar-refractivity contribution >= 4 is 88.1 Å². The molecule has 0 aliphatic carbocycles. The molecule has 2 aromatic heterocycles. The van der Waals surface area contributed by atoms with Gasteiger partial charge in [-0.25, -0.2) is 9.97 Å². The minimum atomic E-state index is -2.41. The molecule has 0 fully saturated rings. The molecule has 0 N–H and O–H groups in total. The van der Waals surface area contributed by atoms with E-state index in [1.54, 1.807) is 36.9 Å². The van der Waals surface area contributed by atoms with E-state index in [4.69, 9.17) is 35.9 Å². The molecular formula is C34H42N2O6S2Si4. The zero-order valence-electron chi connectivity index (χ0n) is 29.1. The van der Waals surface area contributed by atoms with Gasteiger partial charge in [-0.05, 0) is 113 Å². The number of benzene rings is 4. The molecule has 4 aromatic carbocycles. The molecule has 14 heteroatoms. The highest BCUT2D eigenvalue weighted by Crippen LogP contribution is 2.40. The maximum atomic E-state index is 6.30. The Labute approximate surface area is 294 Å². The lowest BCUT2D eigenvalue weighted by atomic mass is 10.1. The number of fused-ring (bicyclic) bond motifs is 5. The Hall–Kier alpha value is -2.77. The van der Waals surface area contributed by atoms with Crippen LogP contribution in [0.15, 0.2) is 72.8 Å². The summed E-state index contributed by atoms with van der Waals surface area (Å²) in [4.78, 5) is 10.2. The summed E-state index contributed by atoms with van der Waals surface area (Å²) in [6.45, 7) is 16.3. The van der Waals surface area contributed by atoms with E-state index in [0.717, 1.165) is 63.8 Å². The van der Waals surface area contributed by atoms with Crippen molar-refractivity contribution < 1.29 is 25.9 Å². The van der Waals surface area contributed by atoms with E-state index in [1.807, 2.05) is 76.6 Å². The van der Waals surface area contributed by atoms with Crippen molar-refractivity contribution in [3.8, 4) is 32.6 Å². The van der Waals surface area contributed by atoms with Gasteiger partial charge in [0.25, 0.3) is 0 Å². The third-order valence-corrected chi connectivity index (χ3v) is 21.2. The van der Waals surface area contributed by atoms with E-state index in [9.17, 15) is 0 Å². The highest BCUT2D eigenvalue weighted by molar-refractivity contribution is 7.22. The second-order valence-electron chi connectivity index (χ2n) is 13.4. The summed E-state index contributed by atoms with van der Waals surface area (Å²) >= 11 is 3.38. The largest absolute Gasteiger partial charge is 0.521 e. The lowest BCUT2D eigenvalue weighted by Gasteiger charge is -2.31. The van der Waals surface area contributed by atoms with Gasteiger partial charge in [0.05, 0.1) is 20.4 Å². The van der Waals surface area contributed by atoms with Crippen LogP contribution < -0.4 is 8.85 Å². The summed E-state index contributed by atoms with van der Waals surface area (Å²) in [6.07, 6.45) is 0. The lowest BCUT2D eigenvalue weighted by Crippen LogP contribution is -2.49. The number of hydrogen-bond acceptors (Lipinski definition) is 10. The Morgan fingerprint density at radius 2 is 0.812 bits per heavy atom. The van der Waals surface area contributed by atoms with Crippen LogP contribution in [0, 0.1) is 0 Å². The molecule has 8 nitrogen and oxygen atoms in total. The van der Waals surface area contributed by atoms with Gasteiger partial charge in [0, 0.05) is 36.1 Å². The SMILES string of the molecule is CO[Si](C)(C)O[Si](C)(C)Oc1ccc(-c2nc3c(ccc4c3ccc3sc(-c5ccc(O[Si](C)(C)O[Si](C)(C)OC)cc5)nc34)s2)cc1. The average molecular weight is 751 g/mol. The lowest BCUT2D eigenvalue weighted by molar-refractivity contribution is 0.280. The number of hydrogen-bond donors (Lipinski definition) is 0. The third-order valence-electron chi connectivity index (χ3n) is 7.81. The quantitative estimate of drug-likeness (QED) is 0.114. The Kier molecular flexibility index (Phi) is 9.62. The summed E-state index contributed by atoms with van der Waals surface area (Å²) in [5.74, 6) is 1.58. The van der Waals surface area contributed by atoms with Crippen LogP contribution in [0.25, 0.3) is 52.3 Å². The van der Waals surface area contributed by atoms with Crippen molar-refractivity contribution in [2.75, 3.05) is 14.2 Å². The van der Waals surface area contributed by atoms with Crippen LogP contribution in [0.5, 0.6) is 11.5 Å². The van der Waals surface area contributed by atoms with E-state index in [0.29, 0.717) is 0 Å². The van der Waals surface area contributed by atoms with E-state index in [2.05, 4.69) is 48.5 Å². The van der Waals surface area contributed by atoms with Crippen molar-refractivity contribution in [3.05, 3.63) is 72.8 Å². The van der Waals surface area contributed by atoms with Crippen molar-refractivity contribution in [3.63, 3.8) is 0 Å². The van der Waals surface area contributed by atoms with Gasteiger partial charge in [-0.15, -0.1) is 22.7 Å². The van der Waals surface area contributed by atoms with Gasteiger partial charge in [0.15, 0.2) is 0 Å². The fourth-order valence-corrected chi connectivity index (χ4v) is 19.5. The molecule has 6 aromatic rings. The van der Waals surface area contributed by atoms with Crippen molar-refractivity contribution in [2.24, 2.45) is 0 Å². The summed E-state index contributed by atoms with van der Waals surface area (Å²) in [5, 5.41) is 4.15. The molecule has 0 saturated heterocycles. The van der Waals surface area contributed by atoms with Gasteiger partial charge in [-0.1, -0.05) is 12.1 Å². The minimum Gasteiger partial charge on any atom is -0.521 e. The molecule has 0 unspecified atom stereocenters. The van der Waals surface area contributed by atoms with Crippen molar-refractivity contribution in [1.82, 2.24) is 9.97 Å². The Bertz CT molecular complexity index is 1930. The highest BCUT2D eigenvalue weighted by Gasteiger charge is 2.38. The Morgan fingerprint density at radius 3 is 1.15 bits per heavy atom. The number of nitrogens with zero attached hydrogens (tertiary/aromatic N) is 2. The summed E-state index contributed by atoms with van der Waals surface area (Å²) in [5.41, 5.74) is 4.09. The molecule has 0 saturated carbocycles. The standard InChI is InChI=1S/C34H42N2O6S2Si4/c1-37-45(3,4)41-47(7,8)39-25-15-11-23(12-16-25)33-35-31-27-20-22-30-32(28(27)19-21-29(31)43-33)36-34(44-30)24-13-17-26(18-14-24)40-48(9,10)42-46(5,6)38-2/h11-22H,1-10H3. The van der Waals surface area contributed by atoms with Gasteiger partial charge in [-0.3, -0.25) is 0 Å². The number of aromatic nitrogens is 2. The summed E-state index contributed by atoms with van der Waals surface area (Å²) in [7, 11) is -5.83. The average Bonchev–Trinajstić information content (AvgIpc) is 3.65. The van der Waals surface area contributed by atoms with E-state index in [-0.39, 0.29) is 0 Å². The third kappa shape index (κ3) is 7.83. The zero-order valence-corrected chi connectivity index (χ0v) is 34.7. The Balaban J connectivity index is 1.23. The molecule has 0 atom stereocenters. The molecule has 6 rings (SSSR count). The predicted octanol–water partition coefficient (Wildman–Crippen LogP) is 10.3. The Morgan fingerprint density at radius 1 is 0.458 bits per heavy atom. The molecule has 0 bridgehead atoms. The minimum absolute atomic E-state index is 0.791. The van der Waals surface area contributed by atoms with Crippen LogP contribution in [-0.2, 0) is 17.1 Å². The number of rotatable bonds is 12. The second kappa shape index (κ2) is 13.2. The van der Waals surface area contributed by atoms with Crippen LogP contribution >= 0.6 is 22.7 Å². The second-order valence-corrected chi connectivity index (χ2v) is 29.5.